The molecule has 4 nitrogen and oxygen atoms in total. The van der Waals surface area contributed by atoms with Gasteiger partial charge in [-0.05, 0) is 30.7 Å². The summed E-state index contributed by atoms with van der Waals surface area (Å²) < 4.78 is 31.5. The quantitative estimate of drug-likeness (QED) is 0.739. The number of para-hydroxylation sites is 1. The zero-order valence-electron chi connectivity index (χ0n) is 12.0. The summed E-state index contributed by atoms with van der Waals surface area (Å²) in [7, 11) is -1.82. The van der Waals surface area contributed by atoms with E-state index in [-0.39, 0.29) is 0 Å². The molecule has 0 heterocycles. The fourth-order valence-electron chi connectivity index (χ4n) is 1.89. The van der Waals surface area contributed by atoms with Crippen molar-refractivity contribution in [3.8, 4) is 5.75 Å². The first kappa shape index (κ1) is 15.5. The van der Waals surface area contributed by atoms with Gasteiger partial charge in [-0.25, -0.2) is 12.7 Å². The van der Waals surface area contributed by atoms with Crippen molar-refractivity contribution in [1.29, 1.82) is 0 Å². The Balaban J connectivity index is 1.83. The summed E-state index contributed by atoms with van der Waals surface area (Å²) in [5, 5.41) is 0. The molecule has 2 aromatic rings. The normalized spacial score (nSPS) is 11.5. The van der Waals surface area contributed by atoms with E-state index in [0.717, 1.165) is 5.75 Å². The third-order valence-corrected chi connectivity index (χ3v) is 4.95. The lowest BCUT2D eigenvalue weighted by atomic mass is 10.3. The molecule has 0 saturated carbocycles. The van der Waals surface area contributed by atoms with Crippen LogP contribution in [0.5, 0.6) is 5.75 Å². The maximum absolute atomic E-state index is 12.3. The van der Waals surface area contributed by atoms with Gasteiger partial charge < -0.3 is 4.74 Å². The summed E-state index contributed by atoms with van der Waals surface area (Å²) in [5.41, 5.74) is 0. The summed E-state index contributed by atoms with van der Waals surface area (Å²) in [6.45, 7) is 0.905. The molecule has 0 spiro atoms. The Hall–Kier alpha value is -1.85. The first-order valence-electron chi connectivity index (χ1n) is 6.80. The van der Waals surface area contributed by atoms with Crippen LogP contribution in [-0.2, 0) is 10.0 Å². The highest BCUT2D eigenvalue weighted by Gasteiger charge is 2.19. The van der Waals surface area contributed by atoms with Crippen molar-refractivity contribution in [1.82, 2.24) is 4.31 Å². The number of hydrogen-bond acceptors (Lipinski definition) is 3. The molecule has 0 aliphatic carbocycles. The van der Waals surface area contributed by atoms with E-state index in [9.17, 15) is 8.42 Å². The number of hydrogen-bond donors (Lipinski definition) is 0. The van der Waals surface area contributed by atoms with Crippen LogP contribution < -0.4 is 4.74 Å². The average Bonchev–Trinajstić information content (AvgIpc) is 2.53. The average molecular weight is 305 g/mol. The molecule has 2 aromatic carbocycles. The van der Waals surface area contributed by atoms with E-state index in [1.807, 2.05) is 30.3 Å². The van der Waals surface area contributed by atoms with Gasteiger partial charge in [0.2, 0.25) is 10.0 Å². The number of nitrogens with zero attached hydrogens (tertiary/aromatic N) is 1. The Bertz CT molecular complexity index is 642. The van der Waals surface area contributed by atoms with Crippen molar-refractivity contribution < 1.29 is 13.2 Å². The monoisotopic (exact) mass is 305 g/mol. The predicted octanol–water partition coefficient (Wildman–Crippen LogP) is 2.78. The molecule has 0 unspecified atom stereocenters. The molecule has 0 aliphatic rings. The van der Waals surface area contributed by atoms with Crippen molar-refractivity contribution in [2.24, 2.45) is 0 Å². The van der Waals surface area contributed by atoms with Crippen LogP contribution in [0.1, 0.15) is 6.42 Å². The molecule has 112 valence electrons. The van der Waals surface area contributed by atoms with Crippen molar-refractivity contribution in [3.05, 3.63) is 60.7 Å². The number of sulfonamides is 1. The molecule has 0 aliphatic heterocycles. The minimum Gasteiger partial charge on any atom is -0.494 e. The maximum Gasteiger partial charge on any atom is 0.242 e. The molecule has 0 bridgehead atoms. The molecule has 0 aromatic heterocycles. The highest BCUT2D eigenvalue weighted by molar-refractivity contribution is 7.89. The molecule has 0 N–H and O–H groups in total. The summed E-state index contributed by atoms with van der Waals surface area (Å²) >= 11 is 0. The van der Waals surface area contributed by atoms with E-state index in [1.165, 1.54) is 4.31 Å². The summed E-state index contributed by atoms with van der Waals surface area (Å²) in [6.07, 6.45) is 0.636. The second-order valence-electron chi connectivity index (χ2n) is 4.65. The van der Waals surface area contributed by atoms with E-state index in [0.29, 0.717) is 24.5 Å². The van der Waals surface area contributed by atoms with Gasteiger partial charge in [-0.3, -0.25) is 0 Å². The standard InChI is InChI=1S/C16H19NO3S/c1-17(21(18,19)16-11-6-3-7-12-16)13-8-14-20-15-9-4-2-5-10-15/h2-7,9-12H,8,13-14H2,1H3. The second-order valence-corrected chi connectivity index (χ2v) is 6.70. The topological polar surface area (TPSA) is 46.6 Å². The molecule has 2 rings (SSSR count). The third kappa shape index (κ3) is 4.31. The minimum absolute atomic E-state index is 0.316. The molecule has 0 atom stereocenters. The Labute approximate surface area is 126 Å². The lowest BCUT2D eigenvalue weighted by Crippen LogP contribution is -2.28. The van der Waals surface area contributed by atoms with Gasteiger partial charge in [-0.15, -0.1) is 0 Å². The molecule has 21 heavy (non-hydrogen) atoms. The minimum atomic E-state index is -3.41. The van der Waals surface area contributed by atoms with Gasteiger partial charge in [0.05, 0.1) is 11.5 Å². The largest absolute Gasteiger partial charge is 0.494 e. The fraction of sp³-hybridized carbons (Fsp3) is 0.250. The van der Waals surface area contributed by atoms with E-state index < -0.39 is 10.0 Å². The van der Waals surface area contributed by atoms with Gasteiger partial charge in [-0.2, -0.15) is 0 Å². The van der Waals surface area contributed by atoms with Crippen molar-refractivity contribution in [2.45, 2.75) is 11.3 Å². The van der Waals surface area contributed by atoms with Crippen LogP contribution in [0, 0.1) is 0 Å². The second kappa shape index (κ2) is 7.24. The van der Waals surface area contributed by atoms with E-state index >= 15 is 0 Å². The van der Waals surface area contributed by atoms with Gasteiger partial charge in [0, 0.05) is 13.6 Å². The Morgan fingerprint density at radius 1 is 0.952 bits per heavy atom. The summed E-state index contributed by atoms with van der Waals surface area (Å²) in [5.74, 6) is 0.797. The van der Waals surface area contributed by atoms with Crippen LogP contribution in [0.25, 0.3) is 0 Å². The van der Waals surface area contributed by atoms with Gasteiger partial charge in [0.1, 0.15) is 5.75 Å². The van der Waals surface area contributed by atoms with Crippen LogP contribution in [-0.4, -0.2) is 32.9 Å². The van der Waals surface area contributed by atoms with Crippen LogP contribution in [0.15, 0.2) is 65.6 Å². The van der Waals surface area contributed by atoms with E-state index in [1.54, 1.807) is 37.4 Å². The zero-order valence-corrected chi connectivity index (χ0v) is 12.8. The number of ether oxygens (including phenoxy) is 1. The fourth-order valence-corrected chi connectivity index (χ4v) is 3.12. The Morgan fingerprint density at radius 2 is 1.52 bits per heavy atom. The molecule has 0 radical (unpaired) electrons. The van der Waals surface area contributed by atoms with E-state index in [2.05, 4.69) is 0 Å². The number of rotatable bonds is 7. The molecule has 0 saturated heterocycles. The molecule has 0 amide bonds. The van der Waals surface area contributed by atoms with Crippen molar-refractivity contribution >= 4 is 10.0 Å². The van der Waals surface area contributed by atoms with Crippen LogP contribution in [0.4, 0.5) is 0 Å². The van der Waals surface area contributed by atoms with Gasteiger partial charge in [-0.1, -0.05) is 36.4 Å². The first-order valence-corrected chi connectivity index (χ1v) is 8.24. The Morgan fingerprint density at radius 3 is 2.14 bits per heavy atom. The summed E-state index contributed by atoms with van der Waals surface area (Å²) in [6, 6.07) is 17.9. The molecular weight excluding hydrogens is 286 g/mol. The Kier molecular flexibility index (Phi) is 5.36. The lowest BCUT2D eigenvalue weighted by molar-refractivity contribution is 0.296. The van der Waals surface area contributed by atoms with E-state index in [4.69, 9.17) is 4.74 Å². The van der Waals surface area contributed by atoms with Gasteiger partial charge in [0.25, 0.3) is 0 Å². The molecule has 0 fully saturated rings. The number of benzene rings is 2. The smallest absolute Gasteiger partial charge is 0.242 e. The molecule has 5 heteroatoms. The van der Waals surface area contributed by atoms with Gasteiger partial charge >= 0.3 is 0 Å². The van der Waals surface area contributed by atoms with Crippen LogP contribution in [0.2, 0.25) is 0 Å². The highest BCUT2D eigenvalue weighted by atomic mass is 32.2. The maximum atomic E-state index is 12.3. The van der Waals surface area contributed by atoms with Crippen molar-refractivity contribution in [3.63, 3.8) is 0 Å². The first-order chi connectivity index (χ1) is 10.1. The third-order valence-electron chi connectivity index (χ3n) is 3.08. The predicted molar refractivity (Wildman–Crippen MR) is 82.8 cm³/mol. The summed E-state index contributed by atoms with van der Waals surface area (Å²) in [4.78, 5) is 0.316. The molecular formula is C16H19NO3S. The van der Waals surface area contributed by atoms with Gasteiger partial charge in [0.15, 0.2) is 0 Å². The van der Waals surface area contributed by atoms with Crippen LogP contribution >= 0.6 is 0 Å². The SMILES string of the molecule is CN(CCCOc1ccccc1)S(=O)(=O)c1ccccc1. The highest BCUT2D eigenvalue weighted by Crippen LogP contribution is 2.14. The van der Waals surface area contributed by atoms with Crippen LogP contribution in [0.3, 0.4) is 0 Å². The van der Waals surface area contributed by atoms with Crippen molar-refractivity contribution in [2.75, 3.05) is 20.2 Å². The lowest BCUT2D eigenvalue weighted by Gasteiger charge is -2.17. The zero-order chi connectivity index (χ0) is 15.1.